The molecule has 2 heterocycles. The van der Waals surface area contributed by atoms with Crippen molar-refractivity contribution in [1.29, 1.82) is 0 Å². The molecule has 0 bridgehead atoms. The summed E-state index contributed by atoms with van der Waals surface area (Å²) in [5, 5.41) is 18.6. The third-order valence-corrected chi connectivity index (χ3v) is 7.19. The van der Waals surface area contributed by atoms with Gasteiger partial charge in [0.1, 0.15) is 0 Å². The van der Waals surface area contributed by atoms with Crippen molar-refractivity contribution in [2.24, 2.45) is 0 Å². The molecular weight excluding hydrogens is 460 g/mol. The van der Waals surface area contributed by atoms with Crippen LogP contribution in [0.5, 0.6) is 0 Å². The van der Waals surface area contributed by atoms with Gasteiger partial charge in [0.2, 0.25) is 0 Å². The standard InChI is InChI=1S/C31H20N4O2/c1-17-27-28(25-16-20(35(36)37)12-15-26(25)32)23-13-10-18-6-2-4-8-21(18)29(23)34-31(27)24-14-11-19-7-3-5-9-22(19)30(24)33-17/h2-16H,32H2,1H3. The van der Waals surface area contributed by atoms with Gasteiger partial charge in [0, 0.05) is 61.6 Å². The second-order valence-corrected chi connectivity index (χ2v) is 9.30. The average molecular weight is 481 g/mol. The number of anilines is 1. The lowest BCUT2D eigenvalue weighted by molar-refractivity contribution is -0.384. The zero-order valence-electron chi connectivity index (χ0n) is 19.9. The summed E-state index contributed by atoms with van der Waals surface area (Å²) in [6.07, 6.45) is 0. The van der Waals surface area contributed by atoms with Crippen molar-refractivity contribution in [3.8, 4) is 11.1 Å². The highest BCUT2D eigenvalue weighted by atomic mass is 16.6. The SMILES string of the molecule is Cc1nc2c3ccccc3ccc2c2nc3c(ccc4ccccc43)c(-c3cc([N+](=O)[O-])ccc3N)c12. The van der Waals surface area contributed by atoms with E-state index in [9.17, 15) is 10.1 Å². The quantitative estimate of drug-likeness (QED) is 0.0899. The van der Waals surface area contributed by atoms with Gasteiger partial charge < -0.3 is 5.73 Å². The predicted octanol–water partition coefficient (Wildman–Crippen LogP) is 7.71. The lowest BCUT2D eigenvalue weighted by Crippen LogP contribution is -1.99. The Morgan fingerprint density at radius 1 is 0.703 bits per heavy atom. The van der Waals surface area contributed by atoms with Crippen LogP contribution in [0.4, 0.5) is 11.4 Å². The van der Waals surface area contributed by atoms with Crippen LogP contribution in [0.3, 0.4) is 0 Å². The topological polar surface area (TPSA) is 94.9 Å². The number of rotatable bonds is 2. The van der Waals surface area contributed by atoms with Crippen molar-refractivity contribution in [3.63, 3.8) is 0 Å². The maximum atomic E-state index is 11.7. The van der Waals surface area contributed by atoms with Gasteiger partial charge in [0.15, 0.2) is 0 Å². The number of fused-ring (bicyclic) bond motifs is 8. The number of nitro benzene ring substituents is 1. The van der Waals surface area contributed by atoms with Gasteiger partial charge in [-0.2, -0.15) is 0 Å². The van der Waals surface area contributed by atoms with Crippen LogP contribution in [0, 0.1) is 17.0 Å². The summed E-state index contributed by atoms with van der Waals surface area (Å²) in [5.41, 5.74) is 11.7. The number of nitro groups is 1. The van der Waals surface area contributed by atoms with Crippen LogP contribution in [0.1, 0.15) is 5.69 Å². The summed E-state index contributed by atoms with van der Waals surface area (Å²) < 4.78 is 0. The van der Waals surface area contributed by atoms with E-state index in [2.05, 4.69) is 42.5 Å². The van der Waals surface area contributed by atoms with E-state index in [0.717, 1.165) is 65.5 Å². The monoisotopic (exact) mass is 480 g/mol. The summed E-state index contributed by atoms with van der Waals surface area (Å²) >= 11 is 0. The van der Waals surface area contributed by atoms with Gasteiger partial charge in [-0.05, 0) is 29.8 Å². The molecule has 0 spiro atoms. The first-order valence-electron chi connectivity index (χ1n) is 12.0. The Kier molecular flexibility index (Phi) is 4.41. The number of nitrogen functional groups attached to an aromatic ring is 1. The molecule has 7 aromatic rings. The van der Waals surface area contributed by atoms with Gasteiger partial charge in [0.25, 0.3) is 5.69 Å². The van der Waals surface area contributed by atoms with Crippen LogP contribution in [-0.2, 0) is 0 Å². The first-order valence-corrected chi connectivity index (χ1v) is 12.0. The smallest absolute Gasteiger partial charge is 0.270 e. The Labute approximate surface area is 211 Å². The van der Waals surface area contributed by atoms with Gasteiger partial charge in [-0.3, -0.25) is 15.1 Å². The number of aryl methyl sites for hydroxylation is 1. The molecule has 6 nitrogen and oxygen atoms in total. The number of hydrogen-bond donors (Lipinski definition) is 1. The minimum atomic E-state index is -0.392. The van der Waals surface area contributed by atoms with Gasteiger partial charge in [-0.25, -0.2) is 4.98 Å². The third-order valence-electron chi connectivity index (χ3n) is 7.19. The summed E-state index contributed by atoms with van der Waals surface area (Å²) in [6.45, 7) is 1.97. The van der Waals surface area contributed by atoms with E-state index < -0.39 is 4.92 Å². The summed E-state index contributed by atoms with van der Waals surface area (Å²) in [7, 11) is 0. The fraction of sp³-hybridized carbons (Fsp3) is 0.0323. The molecule has 0 amide bonds. The van der Waals surface area contributed by atoms with Crippen LogP contribution in [0.25, 0.3) is 65.4 Å². The van der Waals surface area contributed by atoms with Crippen molar-refractivity contribution < 1.29 is 4.92 Å². The van der Waals surface area contributed by atoms with Crippen LogP contribution < -0.4 is 5.73 Å². The van der Waals surface area contributed by atoms with E-state index in [1.807, 2.05) is 37.3 Å². The minimum Gasteiger partial charge on any atom is -0.398 e. The normalized spacial score (nSPS) is 11.7. The Morgan fingerprint density at radius 2 is 1.32 bits per heavy atom. The van der Waals surface area contributed by atoms with Gasteiger partial charge in [-0.1, -0.05) is 66.7 Å². The molecule has 2 aromatic heterocycles. The van der Waals surface area contributed by atoms with E-state index in [-0.39, 0.29) is 5.69 Å². The molecule has 0 radical (unpaired) electrons. The highest BCUT2D eigenvalue weighted by Gasteiger charge is 2.21. The maximum absolute atomic E-state index is 11.7. The van der Waals surface area contributed by atoms with Crippen molar-refractivity contribution in [3.05, 3.63) is 107 Å². The number of non-ortho nitro benzene ring substituents is 1. The van der Waals surface area contributed by atoms with Crippen LogP contribution in [0.15, 0.2) is 91.0 Å². The zero-order chi connectivity index (χ0) is 25.3. The fourth-order valence-corrected chi connectivity index (χ4v) is 5.49. The molecule has 6 heteroatoms. The van der Waals surface area contributed by atoms with Crippen LogP contribution in [0.2, 0.25) is 0 Å². The third kappa shape index (κ3) is 3.06. The first kappa shape index (κ1) is 21.2. The molecule has 0 fully saturated rings. The Hall–Kier alpha value is -5.10. The maximum Gasteiger partial charge on any atom is 0.270 e. The van der Waals surface area contributed by atoms with E-state index in [0.29, 0.717) is 11.3 Å². The molecule has 7 rings (SSSR count). The van der Waals surface area contributed by atoms with Crippen molar-refractivity contribution >= 4 is 65.6 Å². The molecule has 0 aliphatic rings. The largest absolute Gasteiger partial charge is 0.398 e. The summed E-state index contributed by atoms with van der Waals surface area (Å²) in [6, 6.07) is 29.1. The molecule has 176 valence electrons. The van der Waals surface area contributed by atoms with Gasteiger partial charge in [-0.15, -0.1) is 0 Å². The Bertz CT molecular complexity index is 2100. The molecule has 37 heavy (non-hydrogen) atoms. The lowest BCUT2D eigenvalue weighted by atomic mass is 9.91. The van der Waals surface area contributed by atoms with Gasteiger partial charge >= 0.3 is 0 Å². The molecule has 0 aliphatic carbocycles. The highest BCUT2D eigenvalue weighted by molar-refractivity contribution is 6.24. The van der Waals surface area contributed by atoms with Gasteiger partial charge in [0.05, 0.1) is 21.5 Å². The zero-order valence-corrected chi connectivity index (χ0v) is 19.9. The Balaban J connectivity index is 1.77. The van der Waals surface area contributed by atoms with Crippen LogP contribution in [-0.4, -0.2) is 14.9 Å². The second kappa shape index (κ2) is 7.70. The summed E-state index contributed by atoms with van der Waals surface area (Å²) in [4.78, 5) is 21.6. The van der Waals surface area contributed by atoms with E-state index >= 15 is 0 Å². The molecular formula is C31H20N4O2. The predicted molar refractivity (Wildman–Crippen MR) is 151 cm³/mol. The van der Waals surface area contributed by atoms with E-state index in [1.165, 1.54) is 6.07 Å². The summed E-state index contributed by atoms with van der Waals surface area (Å²) in [5.74, 6) is 0. The number of pyridine rings is 2. The number of benzene rings is 5. The molecule has 0 atom stereocenters. The molecule has 2 N–H and O–H groups in total. The number of aromatic nitrogens is 2. The molecule has 0 saturated heterocycles. The lowest BCUT2D eigenvalue weighted by Gasteiger charge is -2.17. The van der Waals surface area contributed by atoms with E-state index in [1.54, 1.807) is 12.1 Å². The number of hydrogen-bond acceptors (Lipinski definition) is 5. The average Bonchev–Trinajstić information content (AvgIpc) is 2.92. The fourth-order valence-electron chi connectivity index (χ4n) is 5.49. The number of nitrogens with zero attached hydrogens (tertiary/aromatic N) is 3. The van der Waals surface area contributed by atoms with Crippen molar-refractivity contribution in [2.45, 2.75) is 6.92 Å². The second-order valence-electron chi connectivity index (χ2n) is 9.30. The van der Waals surface area contributed by atoms with Crippen molar-refractivity contribution in [2.75, 3.05) is 5.73 Å². The molecule has 0 aliphatic heterocycles. The molecule has 5 aromatic carbocycles. The van der Waals surface area contributed by atoms with Crippen molar-refractivity contribution in [1.82, 2.24) is 9.97 Å². The van der Waals surface area contributed by atoms with E-state index in [4.69, 9.17) is 15.7 Å². The molecule has 0 saturated carbocycles. The van der Waals surface area contributed by atoms with Crippen LogP contribution >= 0.6 is 0 Å². The Morgan fingerprint density at radius 3 is 2.00 bits per heavy atom. The molecule has 0 unspecified atom stereocenters. The highest BCUT2D eigenvalue weighted by Crippen LogP contribution is 2.43. The number of nitrogens with two attached hydrogens (primary N) is 1. The first-order chi connectivity index (χ1) is 18.0. The minimum absolute atomic E-state index is 0.0134.